The fraction of sp³-hybridized carbons (Fsp3) is 0.133. The van der Waals surface area contributed by atoms with Gasteiger partial charge in [-0.2, -0.15) is 0 Å². The van der Waals surface area contributed by atoms with Gasteiger partial charge in [-0.1, -0.05) is 12.1 Å². The van der Waals surface area contributed by atoms with Crippen molar-refractivity contribution in [2.75, 3.05) is 12.4 Å². The Kier molecular flexibility index (Phi) is 3.09. The van der Waals surface area contributed by atoms with Crippen LogP contribution in [0.15, 0.2) is 42.7 Å². The minimum Gasteiger partial charge on any atom is -0.388 e. The molecule has 0 aliphatic rings. The second-order valence-corrected chi connectivity index (χ2v) is 5.36. The maximum atomic E-state index is 4.65. The Morgan fingerprint density at radius 2 is 1.89 bits per heavy atom. The number of thiazole rings is 1. The topological polar surface area (TPSA) is 40.7 Å². The van der Waals surface area contributed by atoms with Gasteiger partial charge in [0.25, 0.3) is 0 Å². The van der Waals surface area contributed by atoms with Gasteiger partial charge >= 0.3 is 0 Å². The van der Waals surface area contributed by atoms with E-state index in [2.05, 4.69) is 46.5 Å². The summed E-state index contributed by atoms with van der Waals surface area (Å²) in [5.41, 5.74) is 4.57. The number of aryl methyl sites for hydroxylation is 1. The Bertz CT molecular complexity index is 666. The monoisotopic (exact) mass is 269 g/mol. The third kappa shape index (κ3) is 2.27. The zero-order chi connectivity index (χ0) is 13.2. The lowest BCUT2D eigenvalue weighted by Crippen LogP contribution is -1.86. The predicted molar refractivity (Wildman–Crippen MR) is 81.6 cm³/mol. The molecule has 0 atom stereocenters. The van der Waals surface area contributed by atoms with E-state index in [0.29, 0.717) is 0 Å². The van der Waals surface area contributed by atoms with Gasteiger partial charge in [0.1, 0.15) is 5.01 Å². The largest absolute Gasteiger partial charge is 0.388 e. The number of benzene rings is 1. The number of anilines is 1. The van der Waals surface area contributed by atoms with Crippen molar-refractivity contribution in [1.29, 1.82) is 0 Å². The second-order valence-electron chi connectivity index (χ2n) is 4.36. The van der Waals surface area contributed by atoms with Crippen molar-refractivity contribution < 1.29 is 0 Å². The molecule has 0 saturated heterocycles. The Balaban J connectivity index is 2.00. The summed E-state index contributed by atoms with van der Waals surface area (Å²) in [5.74, 6) is 0. The Hall–Kier alpha value is -2.07. The van der Waals surface area contributed by atoms with Crippen molar-refractivity contribution in [1.82, 2.24) is 9.97 Å². The molecule has 96 valence electrons. The summed E-state index contributed by atoms with van der Waals surface area (Å²) >= 11 is 1.73. The molecule has 3 rings (SSSR count). The van der Waals surface area contributed by atoms with E-state index in [0.717, 1.165) is 22.0 Å². The molecule has 1 aromatic carbocycles. The number of rotatable bonds is 3. The molecule has 2 N–H and O–H groups in total. The summed E-state index contributed by atoms with van der Waals surface area (Å²) in [4.78, 5) is 8.96. The highest BCUT2D eigenvalue weighted by Crippen LogP contribution is 2.35. The molecule has 0 aliphatic heterocycles. The molecule has 3 aromatic rings. The van der Waals surface area contributed by atoms with Gasteiger partial charge in [0.05, 0.1) is 10.6 Å². The molecule has 0 amide bonds. The molecule has 0 unspecified atom stereocenters. The molecule has 0 fully saturated rings. The van der Waals surface area contributed by atoms with Gasteiger partial charge in [-0.3, -0.25) is 0 Å². The Morgan fingerprint density at radius 3 is 2.53 bits per heavy atom. The molecular formula is C15H15N3S. The fourth-order valence-corrected chi connectivity index (χ4v) is 3.10. The van der Waals surface area contributed by atoms with Crippen LogP contribution in [0.4, 0.5) is 5.69 Å². The zero-order valence-corrected chi connectivity index (χ0v) is 11.7. The first-order valence-corrected chi connectivity index (χ1v) is 6.98. The summed E-state index contributed by atoms with van der Waals surface area (Å²) in [6.45, 7) is 2.06. The predicted octanol–water partition coefficient (Wildman–Crippen LogP) is 4.16. The molecule has 3 nitrogen and oxygen atoms in total. The first kappa shape index (κ1) is 12.0. The maximum absolute atomic E-state index is 4.65. The van der Waals surface area contributed by atoms with E-state index in [1.807, 2.05) is 25.5 Å². The van der Waals surface area contributed by atoms with Gasteiger partial charge in [-0.25, -0.2) is 4.98 Å². The molecule has 0 radical (unpaired) electrons. The quantitative estimate of drug-likeness (QED) is 0.749. The van der Waals surface area contributed by atoms with Gasteiger partial charge in [0, 0.05) is 30.7 Å². The van der Waals surface area contributed by atoms with Crippen LogP contribution in [0.2, 0.25) is 0 Å². The first-order valence-electron chi connectivity index (χ1n) is 6.16. The number of hydrogen-bond donors (Lipinski definition) is 2. The first-order chi connectivity index (χ1) is 9.28. The molecule has 2 aromatic heterocycles. The average Bonchev–Trinajstić information content (AvgIpc) is 3.08. The molecule has 4 heteroatoms. The van der Waals surface area contributed by atoms with Crippen LogP contribution in [-0.2, 0) is 0 Å². The standard InChI is InChI=1S/C15H15N3S/c1-10-14(11-3-5-13(16-2)6-4-11)19-15(18-10)12-7-8-17-9-12/h3-9,16-17H,1-2H3. The average molecular weight is 269 g/mol. The summed E-state index contributed by atoms with van der Waals surface area (Å²) < 4.78 is 0. The number of nitrogens with one attached hydrogen (secondary N) is 2. The van der Waals surface area contributed by atoms with Crippen molar-refractivity contribution in [3.8, 4) is 21.0 Å². The number of H-pyrrole nitrogens is 1. The highest BCUT2D eigenvalue weighted by atomic mass is 32.1. The molecular weight excluding hydrogens is 254 g/mol. The lowest BCUT2D eigenvalue weighted by molar-refractivity contribution is 1.27. The molecule has 0 saturated carbocycles. The van der Waals surface area contributed by atoms with Gasteiger partial charge in [-0.15, -0.1) is 11.3 Å². The highest BCUT2D eigenvalue weighted by molar-refractivity contribution is 7.18. The molecule has 0 bridgehead atoms. The van der Waals surface area contributed by atoms with Crippen molar-refractivity contribution >= 4 is 17.0 Å². The zero-order valence-electron chi connectivity index (χ0n) is 10.9. The molecule has 2 heterocycles. The van der Waals surface area contributed by atoms with E-state index >= 15 is 0 Å². The van der Waals surface area contributed by atoms with Gasteiger partial charge < -0.3 is 10.3 Å². The van der Waals surface area contributed by atoms with Crippen LogP contribution in [-0.4, -0.2) is 17.0 Å². The van der Waals surface area contributed by atoms with Crippen LogP contribution in [0.5, 0.6) is 0 Å². The van der Waals surface area contributed by atoms with Gasteiger partial charge in [0.15, 0.2) is 0 Å². The number of hydrogen-bond acceptors (Lipinski definition) is 3. The van der Waals surface area contributed by atoms with Crippen molar-refractivity contribution in [2.45, 2.75) is 6.92 Å². The van der Waals surface area contributed by atoms with E-state index < -0.39 is 0 Å². The van der Waals surface area contributed by atoms with E-state index in [1.54, 1.807) is 11.3 Å². The van der Waals surface area contributed by atoms with Crippen LogP contribution in [0.25, 0.3) is 21.0 Å². The van der Waals surface area contributed by atoms with E-state index in [4.69, 9.17) is 0 Å². The van der Waals surface area contributed by atoms with E-state index in [-0.39, 0.29) is 0 Å². The number of aromatic nitrogens is 2. The van der Waals surface area contributed by atoms with Crippen molar-refractivity contribution in [2.24, 2.45) is 0 Å². The molecule has 19 heavy (non-hydrogen) atoms. The van der Waals surface area contributed by atoms with E-state index in [9.17, 15) is 0 Å². The van der Waals surface area contributed by atoms with Crippen LogP contribution in [0, 0.1) is 6.92 Å². The smallest absolute Gasteiger partial charge is 0.125 e. The van der Waals surface area contributed by atoms with Crippen LogP contribution in [0.3, 0.4) is 0 Å². The highest BCUT2D eigenvalue weighted by Gasteiger charge is 2.11. The van der Waals surface area contributed by atoms with Crippen molar-refractivity contribution in [3.05, 3.63) is 48.4 Å². The fourth-order valence-electron chi connectivity index (χ4n) is 2.03. The second kappa shape index (κ2) is 4.90. The summed E-state index contributed by atoms with van der Waals surface area (Å²) in [6.07, 6.45) is 3.90. The minimum atomic E-state index is 1.06. The lowest BCUT2D eigenvalue weighted by atomic mass is 10.1. The Morgan fingerprint density at radius 1 is 1.11 bits per heavy atom. The maximum Gasteiger partial charge on any atom is 0.125 e. The SMILES string of the molecule is CNc1ccc(-c2sc(-c3cc[nH]c3)nc2C)cc1. The number of nitrogens with zero attached hydrogens (tertiary/aromatic N) is 1. The summed E-state index contributed by atoms with van der Waals surface area (Å²) in [6, 6.07) is 10.5. The third-order valence-corrected chi connectivity index (χ3v) is 4.33. The van der Waals surface area contributed by atoms with Gasteiger partial charge in [-0.05, 0) is 30.7 Å². The number of aromatic amines is 1. The summed E-state index contributed by atoms with van der Waals surface area (Å²) in [7, 11) is 1.93. The van der Waals surface area contributed by atoms with Crippen LogP contribution < -0.4 is 5.32 Å². The lowest BCUT2D eigenvalue weighted by Gasteiger charge is -2.02. The molecule has 0 spiro atoms. The van der Waals surface area contributed by atoms with Crippen molar-refractivity contribution in [3.63, 3.8) is 0 Å². The third-order valence-electron chi connectivity index (χ3n) is 3.08. The minimum absolute atomic E-state index is 1.06. The van der Waals surface area contributed by atoms with Crippen LogP contribution >= 0.6 is 11.3 Å². The summed E-state index contributed by atoms with van der Waals surface area (Å²) in [5, 5.41) is 4.19. The normalized spacial score (nSPS) is 10.6. The molecule has 0 aliphatic carbocycles. The van der Waals surface area contributed by atoms with E-state index in [1.165, 1.54) is 10.4 Å². The van der Waals surface area contributed by atoms with Gasteiger partial charge in [0.2, 0.25) is 0 Å². The Labute approximate surface area is 116 Å². The van der Waals surface area contributed by atoms with Crippen LogP contribution in [0.1, 0.15) is 5.69 Å².